The van der Waals surface area contributed by atoms with Crippen molar-refractivity contribution in [1.29, 1.82) is 10.5 Å². The first kappa shape index (κ1) is 21.0. The fourth-order valence-electron chi connectivity index (χ4n) is 2.40. The molecule has 0 aromatic heterocycles. The summed E-state index contributed by atoms with van der Waals surface area (Å²) in [6, 6.07) is 11.5. The monoisotopic (exact) mass is 389 g/mol. The van der Waals surface area contributed by atoms with Crippen molar-refractivity contribution in [3.8, 4) is 29.7 Å². The van der Waals surface area contributed by atoms with E-state index < -0.39 is 17.2 Å². The third kappa shape index (κ3) is 4.91. The number of nitrogens with zero attached hydrogens (tertiary/aromatic N) is 3. The summed E-state index contributed by atoms with van der Waals surface area (Å²) in [6.07, 6.45) is 0. The van der Waals surface area contributed by atoms with Gasteiger partial charge in [-0.25, -0.2) is 4.39 Å². The summed E-state index contributed by atoms with van der Waals surface area (Å²) in [5.41, 5.74) is 0.330. The number of carbonyl (C=O) groups excluding carboxylic acids is 1. The number of nitriles is 2. The van der Waals surface area contributed by atoms with E-state index in [4.69, 9.17) is 5.26 Å². The Kier molecular flexibility index (Phi) is 6.58. The van der Waals surface area contributed by atoms with Crippen LogP contribution in [0.4, 0.5) is 4.39 Å². The van der Waals surface area contributed by atoms with Crippen molar-refractivity contribution in [2.45, 2.75) is 6.92 Å². The van der Waals surface area contributed by atoms with Gasteiger partial charge in [0.1, 0.15) is 29.5 Å². The zero-order valence-corrected chi connectivity index (χ0v) is 15.7. The number of aryl methyl sites for hydroxylation is 1. The molecule has 0 aliphatic heterocycles. The lowest BCUT2D eigenvalue weighted by atomic mass is 10.0. The lowest BCUT2D eigenvalue weighted by molar-refractivity contribution is -0.124. The van der Waals surface area contributed by atoms with Gasteiger partial charge < -0.3 is 15.1 Å². The Labute approximate surface area is 167 Å². The average molecular weight is 389 g/mol. The van der Waals surface area contributed by atoms with E-state index in [-0.39, 0.29) is 29.2 Å². The topological polar surface area (TPSA) is 108 Å². The molecule has 0 bridgehead atoms. The maximum absolute atomic E-state index is 12.9. The van der Waals surface area contributed by atoms with E-state index in [9.17, 15) is 24.7 Å². The largest absolute Gasteiger partial charge is 0.506 e. The van der Waals surface area contributed by atoms with Crippen LogP contribution in [0.25, 0.3) is 5.76 Å². The summed E-state index contributed by atoms with van der Waals surface area (Å²) in [5.74, 6) is 3.53. The molecular weight excluding hydrogens is 373 g/mol. The van der Waals surface area contributed by atoms with Gasteiger partial charge in [-0.15, -0.1) is 0 Å². The number of aliphatic hydroxyl groups is 1. The molecule has 6 nitrogen and oxygen atoms in total. The molecule has 29 heavy (non-hydrogen) atoms. The molecule has 0 fully saturated rings. The Morgan fingerprint density at radius 3 is 2.45 bits per heavy atom. The van der Waals surface area contributed by atoms with Crippen LogP contribution in [0.1, 0.15) is 22.3 Å². The van der Waals surface area contributed by atoms with Gasteiger partial charge in [0, 0.05) is 18.2 Å². The minimum Gasteiger partial charge on any atom is -0.506 e. The molecule has 2 N–H and O–H groups in total. The van der Waals surface area contributed by atoms with Crippen molar-refractivity contribution in [2.75, 3.05) is 13.6 Å². The van der Waals surface area contributed by atoms with Gasteiger partial charge in [-0.3, -0.25) is 4.79 Å². The fraction of sp³-hybridized carbons (Fsp3) is 0.136. The van der Waals surface area contributed by atoms with Crippen LogP contribution < -0.4 is 0 Å². The summed E-state index contributed by atoms with van der Waals surface area (Å²) >= 11 is 0. The quantitative estimate of drug-likeness (QED) is 0.363. The van der Waals surface area contributed by atoms with Gasteiger partial charge in [0.2, 0.25) is 0 Å². The Balaban J connectivity index is 2.27. The van der Waals surface area contributed by atoms with Crippen molar-refractivity contribution in [3.63, 3.8) is 0 Å². The van der Waals surface area contributed by atoms with Gasteiger partial charge in [-0.05, 0) is 48.9 Å². The molecule has 0 unspecified atom stereocenters. The molecule has 0 radical (unpaired) electrons. The maximum Gasteiger partial charge on any atom is 0.268 e. The van der Waals surface area contributed by atoms with E-state index in [1.165, 1.54) is 50.4 Å². The lowest BCUT2D eigenvalue weighted by Crippen LogP contribution is -2.28. The number of phenolic OH excluding ortho intramolecular Hbond substituents is 1. The molecule has 0 aliphatic carbocycles. The van der Waals surface area contributed by atoms with Crippen LogP contribution in [0.3, 0.4) is 0 Å². The molecule has 2 rings (SSSR count). The Morgan fingerprint density at radius 1 is 1.21 bits per heavy atom. The molecule has 0 atom stereocenters. The first-order valence-electron chi connectivity index (χ1n) is 8.35. The number of hydrogen-bond donors (Lipinski definition) is 2. The third-order valence-electron chi connectivity index (χ3n) is 4.00. The standard InChI is InChI=1S/C22H16FN3O3/c1-14-10-16(11-17(12-24)20(14)27)21(28)19(13-25)22(29)26(2)9-3-4-15-5-7-18(23)8-6-15/h5-8,10-11,27-28H,9H2,1-2H3/b21-19-. The maximum atomic E-state index is 12.9. The molecule has 0 heterocycles. The molecule has 0 saturated carbocycles. The number of hydrogen-bond acceptors (Lipinski definition) is 5. The fourth-order valence-corrected chi connectivity index (χ4v) is 2.40. The van der Waals surface area contributed by atoms with E-state index in [1.54, 1.807) is 12.1 Å². The summed E-state index contributed by atoms with van der Waals surface area (Å²) in [7, 11) is 1.41. The molecule has 144 valence electrons. The van der Waals surface area contributed by atoms with Gasteiger partial charge in [0.05, 0.1) is 12.1 Å². The highest BCUT2D eigenvalue weighted by Crippen LogP contribution is 2.27. The number of benzene rings is 2. The zero-order chi connectivity index (χ0) is 21.6. The number of aliphatic hydroxyl groups excluding tert-OH is 1. The van der Waals surface area contributed by atoms with E-state index >= 15 is 0 Å². The van der Waals surface area contributed by atoms with Crippen LogP contribution in [0.15, 0.2) is 42.0 Å². The summed E-state index contributed by atoms with van der Waals surface area (Å²) in [5, 5.41) is 38.6. The van der Waals surface area contributed by atoms with Gasteiger partial charge in [0.15, 0.2) is 5.57 Å². The van der Waals surface area contributed by atoms with E-state index in [0.717, 1.165) is 4.90 Å². The highest BCUT2D eigenvalue weighted by atomic mass is 19.1. The number of rotatable bonds is 3. The van der Waals surface area contributed by atoms with E-state index in [2.05, 4.69) is 11.8 Å². The highest BCUT2D eigenvalue weighted by Gasteiger charge is 2.21. The zero-order valence-electron chi connectivity index (χ0n) is 15.7. The molecule has 1 amide bonds. The van der Waals surface area contributed by atoms with E-state index in [1.807, 2.05) is 0 Å². The predicted molar refractivity (Wildman–Crippen MR) is 104 cm³/mol. The van der Waals surface area contributed by atoms with Gasteiger partial charge in [-0.2, -0.15) is 10.5 Å². The van der Waals surface area contributed by atoms with Crippen molar-refractivity contribution < 1.29 is 19.4 Å². The average Bonchev–Trinajstić information content (AvgIpc) is 2.71. The Bertz CT molecular complexity index is 1130. The van der Waals surface area contributed by atoms with Crippen LogP contribution >= 0.6 is 0 Å². The van der Waals surface area contributed by atoms with E-state index in [0.29, 0.717) is 11.1 Å². The van der Waals surface area contributed by atoms with Crippen molar-refractivity contribution in [1.82, 2.24) is 4.90 Å². The normalized spacial score (nSPS) is 10.7. The molecule has 0 aliphatic rings. The molecule has 0 saturated heterocycles. The second-order valence-corrected chi connectivity index (χ2v) is 6.11. The smallest absolute Gasteiger partial charge is 0.268 e. The van der Waals surface area contributed by atoms with Crippen LogP contribution in [0.2, 0.25) is 0 Å². The Hall–Kier alpha value is -4.28. The highest BCUT2D eigenvalue weighted by molar-refractivity contribution is 6.03. The second kappa shape index (κ2) is 9.08. The number of carbonyl (C=O) groups is 1. The first-order chi connectivity index (χ1) is 13.8. The number of halogens is 1. The van der Waals surface area contributed by atoms with Gasteiger partial charge >= 0.3 is 0 Å². The second-order valence-electron chi connectivity index (χ2n) is 6.11. The Morgan fingerprint density at radius 2 is 1.86 bits per heavy atom. The van der Waals surface area contributed by atoms with Crippen LogP contribution in [-0.4, -0.2) is 34.6 Å². The van der Waals surface area contributed by atoms with Crippen molar-refractivity contribution >= 4 is 11.7 Å². The molecule has 7 heteroatoms. The first-order valence-corrected chi connectivity index (χ1v) is 8.35. The predicted octanol–water partition coefficient (Wildman–Crippen LogP) is 3.01. The SMILES string of the molecule is Cc1cc(/C(O)=C(\C#N)C(=O)N(C)CC#Cc2ccc(F)cc2)cc(C#N)c1O. The number of amides is 1. The van der Waals surface area contributed by atoms with Crippen molar-refractivity contribution in [2.24, 2.45) is 0 Å². The molecule has 0 spiro atoms. The van der Waals surface area contributed by atoms with Crippen LogP contribution in [0, 0.1) is 47.2 Å². The van der Waals surface area contributed by atoms with Gasteiger partial charge in [-0.1, -0.05) is 11.8 Å². The number of aromatic hydroxyl groups is 1. The summed E-state index contributed by atoms with van der Waals surface area (Å²) in [6.45, 7) is 1.49. The molecular formula is C22H16FN3O3. The van der Waals surface area contributed by atoms with Gasteiger partial charge in [0.25, 0.3) is 5.91 Å². The minimum absolute atomic E-state index is 0.0350. The lowest BCUT2D eigenvalue weighted by Gasteiger charge is -2.14. The van der Waals surface area contributed by atoms with Crippen molar-refractivity contribution in [3.05, 3.63) is 70.0 Å². The number of phenols is 1. The van der Waals surface area contributed by atoms with Crippen LogP contribution in [-0.2, 0) is 4.79 Å². The minimum atomic E-state index is -0.761. The molecule has 2 aromatic rings. The summed E-state index contributed by atoms with van der Waals surface area (Å²) in [4.78, 5) is 13.7. The number of likely N-dealkylation sites (N-methyl/N-ethyl adjacent to an activating group) is 1. The van der Waals surface area contributed by atoms with Crippen LogP contribution in [0.5, 0.6) is 5.75 Å². The molecule has 2 aromatic carbocycles. The summed E-state index contributed by atoms with van der Waals surface area (Å²) < 4.78 is 12.9. The third-order valence-corrected chi connectivity index (χ3v) is 4.00.